The predicted octanol–water partition coefficient (Wildman–Crippen LogP) is 1.74. The lowest BCUT2D eigenvalue weighted by Gasteiger charge is -2.35. The second-order valence-corrected chi connectivity index (χ2v) is 6.08. The summed E-state index contributed by atoms with van der Waals surface area (Å²) in [6.45, 7) is 3.66. The Balaban J connectivity index is 1.58. The number of carbonyl (C=O) groups excluding carboxylic acids is 1. The quantitative estimate of drug-likeness (QED) is 0.822. The van der Waals surface area contributed by atoms with Crippen LogP contribution in [0.15, 0.2) is 24.5 Å². The standard InChI is InChI=1S/C16H19F3N6O/c1-12-11-13(16(17,18)19)22-15(21-12)24-9-7-23(8-10-24)14(26)3-6-25-5-2-4-20-25/h2,4-5,11H,3,6-10H2,1H3. The number of aromatic nitrogens is 4. The Labute approximate surface area is 148 Å². The van der Waals surface area contributed by atoms with Gasteiger partial charge in [0.2, 0.25) is 11.9 Å². The average molecular weight is 368 g/mol. The van der Waals surface area contributed by atoms with Crippen LogP contribution in [0.5, 0.6) is 0 Å². The third-order valence-electron chi connectivity index (χ3n) is 4.16. The van der Waals surface area contributed by atoms with E-state index >= 15 is 0 Å². The minimum atomic E-state index is -4.51. The molecule has 0 spiro atoms. The van der Waals surface area contributed by atoms with Crippen molar-refractivity contribution < 1.29 is 18.0 Å². The molecular weight excluding hydrogens is 349 g/mol. The minimum absolute atomic E-state index is 0.00120. The van der Waals surface area contributed by atoms with Gasteiger partial charge in [-0.1, -0.05) is 0 Å². The van der Waals surface area contributed by atoms with Gasteiger partial charge in [-0.05, 0) is 19.1 Å². The van der Waals surface area contributed by atoms with Gasteiger partial charge in [-0.25, -0.2) is 9.97 Å². The lowest BCUT2D eigenvalue weighted by Crippen LogP contribution is -2.49. The van der Waals surface area contributed by atoms with Gasteiger partial charge in [0.05, 0.1) is 0 Å². The lowest BCUT2D eigenvalue weighted by molar-refractivity contribution is -0.141. The fourth-order valence-electron chi connectivity index (χ4n) is 2.80. The summed E-state index contributed by atoms with van der Waals surface area (Å²) in [7, 11) is 0. The SMILES string of the molecule is Cc1cc(C(F)(F)F)nc(N2CCN(C(=O)CCn3cccn3)CC2)n1. The summed E-state index contributed by atoms with van der Waals surface area (Å²) >= 11 is 0. The molecule has 1 aliphatic heterocycles. The highest BCUT2D eigenvalue weighted by Gasteiger charge is 2.34. The zero-order chi connectivity index (χ0) is 18.7. The maximum Gasteiger partial charge on any atom is 0.433 e. The number of hydrogen-bond donors (Lipinski definition) is 0. The molecule has 0 unspecified atom stereocenters. The van der Waals surface area contributed by atoms with Crippen LogP contribution in [-0.2, 0) is 17.5 Å². The van der Waals surface area contributed by atoms with Gasteiger partial charge in [-0.2, -0.15) is 18.3 Å². The first-order valence-electron chi connectivity index (χ1n) is 8.26. The van der Waals surface area contributed by atoms with E-state index in [0.29, 0.717) is 39.1 Å². The number of halogens is 3. The predicted molar refractivity (Wildman–Crippen MR) is 87.4 cm³/mol. The summed E-state index contributed by atoms with van der Waals surface area (Å²) in [6, 6.07) is 2.72. The molecule has 1 fully saturated rings. The molecule has 10 heteroatoms. The van der Waals surface area contributed by atoms with Crippen LogP contribution in [0.4, 0.5) is 19.1 Å². The fourth-order valence-corrected chi connectivity index (χ4v) is 2.80. The molecule has 1 amide bonds. The average Bonchev–Trinajstić information content (AvgIpc) is 3.12. The first kappa shape index (κ1) is 18.2. The molecule has 0 N–H and O–H groups in total. The minimum Gasteiger partial charge on any atom is -0.339 e. The molecule has 0 saturated carbocycles. The van der Waals surface area contributed by atoms with Gasteiger partial charge in [0.1, 0.15) is 5.69 Å². The van der Waals surface area contributed by atoms with Crippen molar-refractivity contribution in [2.45, 2.75) is 26.1 Å². The molecule has 26 heavy (non-hydrogen) atoms. The number of amides is 1. The van der Waals surface area contributed by atoms with Crippen molar-refractivity contribution in [3.63, 3.8) is 0 Å². The highest BCUT2D eigenvalue weighted by Crippen LogP contribution is 2.29. The van der Waals surface area contributed by atoms with Crippen LogP contribution in [0.25, 0.3) is 0 Å². The Hall–Kier alpha value is -2.65. The Kier molecular flexibility index (Phi) is 5.10. The molecule has 0 aliphatic carbocycles. The molecule has 0 atom stereocenters. The van der Waals surface area contributed by atoms with Crippen LogP contribution >= 0.6 is 0 Å². The van der Waals surface area contributed by atoms with E-state index in [1.165, 1.54) is 6.92 Å². The number of hydrogen-bond acceptors (Lipinski definition) is 5. The van der Waals surface area contributed by atoms with Crippen molar-refractivity contribution >= 4 is 11.9 Å². The number of rotatable bonds is 4. The van der Waals surface area contributed by atoms with Crippen molar-refractivity contribution in [1.82, 2.24) is 24.6 Å². The van der Waals surface area contributed by atoms with Crippen LogP contribution in [0.1, 0.15) is 17.8 Å². The Morgan fingerprint density at radius 1 is 1.19 bits per heavy atom. The van der Waals surface area contributed by atoms with Crippen molar-refractivity contribution in [2.24, 2.45) is 0 Å². The topological polar surface area (TPSA) is 67.2 Å². The third-order valence-corrected chi connectivity index (χ3v) is 4.16. The second-order valence-electron chi connectivity index (χ2n) is 6.08. The first-order chi connectivity index (χ1) is 12.3. The van der Waals surface area contributed by atoms with Gasteiger partial charge in [0.15, 0.2) is 0 Å². The van der Waals surface area contributed by atoms with E-state index < -0.39 is 11.9 Å². The third kappa shape index (κ3) is 4.30. The number of anilines is 1. The number of carbonyl (C=O) groups is 1. The molecule has 1 aliphatic rings. The molecule has 1 saturated heterocycles. The number of aryl methyl sites for hydroxylation is 2. The maximum absolute atomic E-state index is 12.9. The second kappa shape index (κ2) is 7.30. The van der Waals surface area contributed by atoms with Gasteiger partial charge in [-0.3, -0.25) is 9.48 Å². The Bertz CT molecular complexity index is 754. The Morgan fingerprint density at radius 2 is 1.92 bits per heavy atom. The van der Waals surface area contributed by atoms with Crippen molar-refractivity contribution in [3.05, 3.63) is 35.9 Å². The van der Waals surface area contributed by atoms with Gasteiger partial charge >= 0.3 is 6.18 Å². The van der Waals surface area contributed by atoms with E-state index in [1.54, 1.807) is 32.9 Å². The largest absolute Gasteiger partial charge is 0.433 e. The van der Waals surface area contributed by atoms with E-state index in [9.17, 15) is 18.0 Å². The van der Waals surface area contributed by atoms with Crippen molar-refractivity contribution in [2.75, 3.05) is 31.1 Å². The van der Waals surface area contributed by atoms with Gasteiger partial charge in [0.25, 0.3) is 0 Å². The highest BCUT2D eigenvalue weighted by atomic mass is 19.4. The monoisotopic (exact) mass is 368 g/mol. The van der Waals surface area contributed by atoms with Crippen LogP contribution in [0, 0.1) is 6.92 Å². The molecule has 7 nitrogen and oxygen atoms in total. The molecule has 2 aromatic heterocycles. The molecule has 0 radical (unpaired) electrons. The molecule has 2 aromatic rings. The lowest BCUT2D eigenvalue weighted by atomic mass is 10.2. The number of nitrogens with zero attached hydrogens (tertiary/aromatic N) is 6. The van der Waals surface area contributed by atoms with E-state index in [4.69, 9.17) is 0 Å². The van der Waals surface area contributed by atoms with Crippen LogP contribution in [-0.4, -0.2) is 56.7 Å². The molecule has 3 rings (SSSR count). The molecule has 140 valence electrons. The van der Waals surface area contributed by atoms with Gasteiger partial charge in [0, 0.05) is 57.2 Å². The summed E-state index contributed by atoms with van der Waals surface area (Å²) in [5.74, 6) is 0.0576. The van der Waals surface area contributed by atoms with Crippen LogP contribution < -0.4 is 4.90 Å². The van der Waals surface area contributed by atoms with Gasteiger partial charge in [-0.15, -0.1) is 0 Å². The normalized spacial score (nSPS) is 15.4. The molecule has 3 heterocycles. The summed E-state index contributed by atoms with van der Waals surface area (Å²) in [4.78, 5) is 23.4. The highest BCUT2D eigenvalue weighted by molar-refractivity contribution is 5.76. The zero-order valence-electron chi connectivity index (χ0n) is 14.3. The van der Waals surface area contributed by atoms with E-state index in [2.05, 4.69) is 15.1 Å². The maximum atomic E-state index is 12.9. The number of alkyl halides is 3. The zero-order valence-corrected chi connectivity index (χ0v) is 14.3. The van der Waals surface area contributed by atoms with E-state index in [-0.39, 0.29) is 17.5 Å². The molecular formula is C16H19F3N6O. The summed E-state index contributed by atoms with van der Waals surface area (Å²) in [5.41, 5.74) is -0.683. The summed E-state index contributed by atoms with van der Waals surface area (Å²) in [5, 5.41) is 4.05. The smallest absolute Gasteiger partial charge is 0.339 e. The van der Waals surface area contributed by atoms with Crippen LogP contribution in [0.2, 0.25) is 0 Å². The Morgan fingerprint density at radius 3 is 2.54 bits per heavy atom. The molecule has 0 bridgehead atoms. The van der Waals surface area contributed by atoms with Gasteiger partial charge < -0.3 is 9.80 Å². The summed E-state index contributed by atoms with van der Waals surface area (Å²) < 4.78 is 40.4. The summed E-state index contributed by atoms with van der Waals surface area (Å²) in [6.07, 6.45) is -0.730. The van der Waals surface area contributed by atoms with Crippen molar-refractivity contribution in [1.29, 1.82) is 0 Å². The number of piperazine rings is 1. The van der Waals surface area contributed by atoms with Crippen LogP contribution in [0.3, 0.4) is 0 Å². The molecule has 0 aromatic carbocycles. The first-order valence-corrected chi connectivity index (χ1v) is 8.26. The van der Waals surface area contributed by atoms with E-state index in [0.717, 1.165) is 6.07 Å². The fraction of sp³-hybridized carbons (Fsp3) is 0.500. The van der Waals surface area contributed by atoms with Crippen molar-refractivity contribution in [3.8, 4) is 0 Å². The van der Waals surface area contributed by atoms with E-state index in [1.807, 2.05) is 0 Å².